The van der Waals surface area contributed by atoms with E-state index in [-0.39, 0.29) is 5.91 Å². The first-order chi connectivity index (χ1) is 9.97. The van der Waals surface area contributed by atoms with E-state index in [1.807, 2.05) is 0 Å². The second kappa shape index (κ2) is 6.85. The number of hydrogen-bond donors (Lipinski definition) is 0. The van der Waals surface area contributed by atoms with Crippen molar-refractivity contribution >= 4 is 21.8 Å². The Morgan fingerprint density at radius 2 is 1.90 bits per heavy atom. The van der Waals surface area contributed by atoms with Gasteiger partial charge in [0.25, 0.3) is 5.91 Å². The van der Waals surface area contributed by atoms with Crippen molar-refractivity contribution < 1.29 is 4.79 Å². The molecule has 0 aliphatic carbocycles. The van der Waals surface area contributed by atoms with Crippen LogP contribution in [0, 0.1) is 0 Å². The van der Waals surface area contributed by atoms with Crippen LogP contribution in [0.25, 0.3) is 0 Å². The van der Waals surface area contributed by atoms with E-state index in [1.165, 1.54) is 5.56 Å². The van der Waals surface area contributed by atoms with Gasteiger partial charge < -0.3 is 4.90 Å². The van der Waals surface area contributed by atoms with E-state index in [9.17, 15) is 4.79 Å². The molecule has 1 amide bonds. The summed E-state index contributed by atoms with van der Waals surface area (Å²) in [4.78, 5) is 18.1. The standard InChI is InChI=1S/C17H19BrN2O/c1-12(2)14-6-4-13(5-7-14)11-20(3)17(21)15-8-16(18)10-19-9-15/h4-10,12H,11H2,1-3H3. The maximum Gasteiger partial charge on any atom is 0.255 e. The minimum Gasteiger partial charge on any atom is -0.337 e. The third-order valence-electron chi connectivity index (χ3n) is 3.36. The molecule has 3 nitrogen and oxygen atoms in total. The molecule has 1 aromatic carbocycles. The van der Waals surface area contributed by atoms with Gasteiger partial charge in [0, 0.05) is 30.5 Å². The smallest absolute Gasteiger partial charge is 0.255 e. The van der Waals surface area contributed by atoms with E-state index in [1.54, 1.807) is 30.4 Å². The van der Waals surface area contributed by atoms with Gasteiger partial charge in [-0.05, 0) is 39.0 Å². The van der Waals surface area contributed by atoms with Crippen LogP contribution in [0.2, 0.25) is 0 Å². The van der Waals surface area contributed by atoms with E-state index in [0.717, 1.165) is 10.0 Å². The minimum atomic E-state index is -0.0308. The Labute approximate surface area is 134 Å². The Morgan fingerprint density at radius 3 is 2.48 bits per heavy atom. The number of pyridine rings is 1. The number of nitrogens with zero attached hydrogens (tertiary/aromatic N) is 2. The van der Waals surface area contributed by atoms with Crippen LogP contribution >= 0.6 is 15.9 Å². The lowest BCUT2D eigenvalue weighted by atomic mass is 10.0. The first-order valence-corrected chi connectivity index (χ1v) is 7.71. The quantitative estimate of drug-likeness (QED) is 0.829. The highest BCUT2D eigenvalue weighted by molar-refractivity contribution is 9.10. The Kier molecular flexibility index (Phi) is 5.12. The van der Waals surface area contributed by atoms with Crippen molar-refractivity contribution in [1.82, 2.24) is 9.88 Å². The molecule has 21 heavy (non-hydrogen) atoms. The Bertz CT molecular complexity index is 623. The van der Waals surface area contributed by atoms with Crippen LogP contribution in [0.3, 0.4) is 0 Å². The molecule has 0 aliphatic rings. The van der Waals surface area contributed by atoms with Crippen molar-refractivity contribution in [3.63, 3.8) is 0 Å². The molecule has 0 fully saturated rings. The fourth-order valence-corrected chi connectivity index (χ4v) is 2.47. The fraction of sp³-hybridized carbons (Fsp3) is 0.294. The van der Waals surface area contributed by atoms with E-state index < -0.39 is 0 Å². The van der Waals surface area contributed by atoms with Gasteiger partial charge in [-0.25, -0.2) is 0 Å². The second-order valence-electron chi connectivity index (χ2n) is 5.45. The zero-order valence-corrected chi connectivity index (χ0v) is 14.1. The molecule has 110 valence electrons. The van der Waals surface area contributed by atoms with Gasteiger partial charge in [0.1, 0.15) is 0 Å². The number of carbonyl (C=O) groups is 1. The number of halogens is 1. The summed E-state index contributed by atoms with van der Waals surface area (Å²) >= 11 is 3.33. The number of hydrogen-bond acceptors (Lipinski definition) is 2. The molecule has 2 rings (SSSR count). The highest BCUT2D eigenvalue weighted by Gasteiger charge is 2.13. The lowest BCUT2D eigenvalue weighted by Crippen LogP contribution is -2.26. The number of aromatic nitrogens is 1. The summed E-state index contributed by atoms with van der Waals surface area (Å²) < 4.78 is 0.808. The van der Waals surface area contributed by atoms with E-state index in [0.29, 0.717) is 18.0 Å². The average Bonchev–Trinajstić information content (AvgIpc) is 2.47. The van der Waals surface area contributed by atoms with Gasteiger partial charge in [0.15, 0.2) is 0 Å². The Hall–Kier alpha value is -1.68. The average molecular weight is 347 g/mol. The van der Waals surface area contributed by atoms with Crippen LogP contribution in [0.5, 0.6) is 0 Å². The summed E-state index contributed by atoms with van der Waals surface area (Å²) in [6.45, 7) is 4.93. The Morgan fingerprint density at radius 1 is 1.24 bits per heavy atom. The van der Waals surface area contributed by atoms with Gasteiger partial charge in [-0.3, -0.25) is 9.78 Å². The van der Waals surface area contributed by atoms with Crippen LogP contribution in [0.15, 0.2) is 47.2 Å². The SMILES string of the molecule is CC(C)c1ccc(CN(C)C(=O)c2cncc(Br)c2)cc1. The Balaban J connectivity index is 2.07. The molecule has 0 bridgehead atoms. The highest BCUT2D eigenvalue weighted by Crippen LogP contribution is 2.16. The minimum absolute atomic E-state index is 0.0308. The van der Waals surface area contributed by atoms with Gasteiger partial charge >= 0.3 is 0 Å². The molecule has 0 saturated carbocycles. The fourth-order valence-electron chi connectivity index (χ4n) is 2.10. The largest absolute Gasteiger partial charge is 0.337 e. The van der Waals surface area contributed by atoms with Crippen molar-refractivity contribution in [2.45, 2.75) is 26.3 Å². The lowest BCUT2D eigenvalue weighted by molar-refractivity contribution is 0.0784. The molecule has 0 unspecified atom stereocenters. The summed E-state index contributed by atoms with van der Waals surface area (Å²) in [5.74, 6) is 0.489. The molecular formula is C17H19BrN2O. The number of benzene rings is 1. The molecule has 1 heterocycles. The first kappa shape index (κ1) is 15.7. The van der Waals surface area contributed by atoms with Crippen LogP contribution in [0.4, 0.5) is 0 Å². The third-order valence-corrected chi connectivity index (χ3v) is 3.80. The molecule has 0 N–H and O–H groups in total. The van der Waals surface area contributed by atoms with Gasteiger partial charge in [0.05, 0.1) is 5.56 Å². The van der Waals surface area contributed by atoms with Gasteiger partial charge in [0.2, 0.25) is 0 Å². The molecule has 0 spiro atoms. The molecule has 4 heteroatoms. The molecule has 0 aliphatic heterocycles. The summed E-state index contributed by atoms with van der Waals surface area (Å²) in [5, 5.41) is 0. The van der Waals surface area contributed by atoms with E-state index in [4.69, 9.17) is 0 Å². The molecule has 2 aromatic rings. The van der Waals surface area contributed by atoms with E-state index in [2.05, 4.69) is 59.0 Å². The van der Waals surface area contributed by atoms with Crippen molar-refractivity contribution in [2.75, 3.05) is 7.05 Å². The zero-order valence-electron chi connectivity index (χ0n) is 12.5. The third kappa shape index (κ3) is 4.14. The topological polar surface area (TPSA) is 33.2 Å². The van der Waals surface area contributed by atoms with Crippen molar-refractivity contribution in [2.24, 2.45) is 0 Å². The maximum absolute atomic E-state index is 12.3. The molecular weight excluding hydrogens is 328 g/mol. The monoisotopic (exact) mass is 346 g/mol. The summed E-state index contributed by atoms with van der Waals surface area (Å²) in [5.41, 5.74) is 3.02. The molecule has 0 radical (unpaired) electrons. The summed E-state index contributed by atoms with van der Waals surface area (Å²) in [6.07, 6.45) is 3.26. The number of carbonyl (C=O) groups excluding carboxylic acids is 1. The number of rotatable bonds is 4. The predicted octanol–water partition coefficient (Wildman–Crippen LogP) is 4.24. The van der Waals surface area contributed by atoms with Crippen LogP contribution in [-0.4, -0.2) is 22.8 Å². The number of amides is 1. The maximum atomic E-state index is 12.3. The normalized spacial score (nSPS) is 10.7. The summed E-state index contributed by atoms with van der Waals surface area (Å²) in [6, 6.07) is 10.2. The van der Waals surface area contributed by atoms with Gasteiger partial charge in [-0.15, -0.1) is 0 Å². The lowest BCUT2D eigenvalue weighted by Gasteiger charge is -2.18. The van der Waals surface area contributed by atoms with Crippen molar-refractivity contribution in [3.05, 3.63) is 63.9 Å². The highest BCUT2D eigenvalue weighted by atomic mass is 79.9. The molecule has 0 atom stereocenters. The van der Waals surface area contributed by atoms with E-state index >= 15 is 0 Å². The van der Waals surface area contributed by atoms with Crippen molar-refractivity contribution in [1.29, 1.82) is 0 Å². The van der Waals surface area contributed by atoms with Crippen LogP contribution < -0.4 is 0 Å². The zero-order chi connectivity index (χ0) is 15.4. The van der Waals surface area contributed by atoms with Crippen LogP contribution in [0.1, 0.15) is 41.3 Å². The molecule has 0 saturated heterocycles. The predicted molar refractivity (Wildman–Crippen MR) is 88.3 cm³/mol. The van der Waals surface area contributed by atoms with Crippen LogP contribution in [-0.2, 0) is 6.54 Å². The van der Waals surface area contributed by atoms with Gasteiger partial charge in [-0.1, -0.05) is 38.1 Å². The molecule has 1 aromatic heterocycles. The second-order valence-corrected chi connectivity index (χ2v) is 6.37. The van der Waals surface area contributed by atoms with Crippen molar-refractivity contribution in [3.8, 4) is 0 Å². The first-order valence-electron chi connectivity index (χ1n) is 6.92. The summed E-state index contributed by atoms with van der Waals surface area (Å²) in [7, 11) is 1.81. The van der Waals surface area contributed by atoms with Gasteiger partial charge in [-0.2, -0.15) is 0 Å².